The van der Waals surface area contributed by atoms with Crippen molar-refractivity contribution < 1.29 is 8.78 Å². The van der Waals surface area contributed by atoms with Crippen LogP contribution in [0.5, 0.6) is 0 Å². The molecule has 1 atom stereocenters. The first-order valence-corrected chi connectivity index (χ1v) is 7.18. The molecule has 0 aliphatic rings. The highest BCUT2D eigenvalue weighted by atomic mass is 79.9. The minimum Gasteiger partial charge on any atom is -0.313 e. The zero-order chi connectivity index (χ0) is 14.7. The van der Waals surface area contributed by atoms with Crippen LogP contribution in [0.25, 0.3) is 0 Å². The predicted molar refractivity (Wildman–Crippen MR) is 80.7 cm³/mol. The maximum Gasteiger partial charge on any atom is 0.145 e. The number of likely N-dealkylation sites (N-methyl/N-ethyl adjacent to an activating group) is 1. The molecule has 0 bridgehead atoms. The van der Waals surface area contributed by atoms with E-state index in [0.717, 1.165) is 11.1 Å². The van der Waals surface area contributed by atoms with E-state index in [1.54, 1.807) is 7.05 Å². The summed E-state index contributed by atoms with van der Waals surface area (Å²) in [6, 6.07) is 10.2. The van der Waals surface area contributed by atoms with Gasteiger partial charge in [0.1, 0.15) is 11.6 Å². The van der Waals surface area contributed by atoms with Gasteiger partial charge in [0.2, 0.25) is 0 Å². The third-order valence-corrected chi connectivity index (χ3v) is 3.91. The highest BCUT2D eigenvalue weighted by Gasteiger charge is 2.21. The van der Waals surface area contributed by atoms with Gasteiger partial charge in [-0.1, -0.05) is 29.8 Å². The summed E-state index contributed by atoms with van der Waals surface area (Å²) >= 11 is 3.11. The molecule has 2 aromatic carbocycles. The Hall–Kier alpha value is -1.26. The number of hydrogen-bond acceptors (Lipinski definition) is 1. The van der Waals surface area contributed by atoms with Crippen molar-refractivity contribution in [3.05, 3.63) is 69.2 Å². The maximum absolute atomic E-state index is 14.2. The molecule has 0 saturated carbocycles. The van der Waals surface area contributed by atoms with Gasteiger partial charge < -0.3 is 5.32 Å². The summed E-state index contributed by atoms with van der Waals surface area (Å²) in [5.41, 5.74) is 2.25. The van der Waals surface area contributed by atoms with E-state index >= 15 is 0 Å². The molecule has 2 aromatic rings. The number of benzene rings is 2. The van der Waals surface area contributed by atoms with Crippen molar-refractivity contribution in [2.24, 2.45) is 0 Å². The Labute approximate surface area is 126 Å². The molecule has 0 aromatic heterocycles. The molecule has 0 aliphatic carbocycles. The van der Waals surface area contributed by atoms with Crippen LogP contribution in [0.1, 0.15) is 22.7 Å². The van der Waals surface area contributed by atoms with E-state index in [-0.39, 0.29) is 10.0 Å². The van der Waals surface area contributed by atoms with Gasteiger partial charge in [-0.3, -0.25) is 0 Å². The fraction of sp³-hybridized carbons (Fsp3) is 0.250. The van der Waals surface area contributed by atoms with Gasteiger partial charge in [0, 0.05) is 11.6 Å². The topological polar surface area (TPSA) is 12.0 Å². The van der Waals surface area contributed by atoms with Crippen LogP contribution in [-0.4, -0.2) is 7.05 Å². The zero-order valence-electron chi connectivity index (χ0n) is 11.4. The molecular weight excluding hydrogens is 324 g/mol. The highest BCUT2D eigenvalue weighted by molar-refractivity contribution is 9.10. The molecule has 20 heavy (non-hydrogen) atoms. The largest absolute Gasteiger partial charge is 0.313 e. The Morgan fingerprint density at radius 3 is 2.60 bits per heavy atom. The molecule has 2 rings (SSSR count). The van der Waals surface area contributed by atoms with Crippen LogP contribution >= 0.6 is 15.9 Å². The normalized spacial score (nSPS) is 12.4. The molecule has 0 fully saturated rings. The Morgan fingerprint density at radius 2 is 1.95 bits per heavy atom. The molecule has 106 valence electrons. The molecule has 4 heteroatoms. The van der Waals surface area contributed by atoms with Crippen molar-refractivity contribution in [1.82, 2.24) is 5.32 Å². The number of hydrogen-bond donors (Lipinski definition) is 1. The van der Waals surface area contributed by atoms with Gasteiger partial charge in [-0.15, -0.1) is 0 Å². The van der Waals surface area contributed by atoms with Crippen LogP contribution in [0.15, 0.2) is 40.9 Å². The van der Waals surface area contributed by atoms with Gasteiger partial charge in [0.05, 0.1) is 4.47 Å². The highest BCUT2D eigenvalue weighted by Crippen LogP contribution is 2.28. The van der Waals surface area contributed by atoms with E-state index in [1.165, 1.54) is 12.1 Å². The van der Waals surface area contributed by atoms with Gasteiger partial charge >= 0.3 is 0 Å². The van der Waals surface area contributed by atoms with Crippen LogP contribution in [0.3, 0.4) is 0 Å². The molecule has 1 nitrogen and oxygen atoms in total. The number of halogens is 3. The lowest BCUT2D eigenvalue weighted by Crippen LogP contribution is -2.21. The summed E-state index contributed by atoms with van der Waals surface area (Å²) in [7, 11) is 1.71. The molecule has 0 aliphatic heterocycles. The quantitative estimate of drug-likeness (QED) is 0.806. The lowest BCUT2D eigenvalue weighted by Gasteiger charge is -2.19. The fourth-order valence-corrected chi connectivity index (χ4v) is 2.63. The number of nitrogens with one attached hydrogen (secondary N) is 1. The van der Waals surface area contributed by atoms with Gasteiger partial charge in [-0.25, -0.2) is 8.78 Å². The van der Waals surface area contributed by atoms with Gasteiger partial charge in [0.15, 0.2) is 0 Å². The van der Waals surface area contributed by atoms with Crippen molar-refractivity contribution in [3.63, 3.8) is 0 Å². The van der Waals surface area contributed by atoms with Crippen molar-refractivity contribution in [2.75, 3.05) is 7.05 Å². The van der Waals surface area contributed by atoms with Crippen LogP contribution in [0.4, 0.5) is 8.78 Å². The Kier molecular flexibility index (Phi) is 4.89. The molecule has 0 spiro atoms. The second-order valence-corrected chi connectivity index (χ2v) is 5.65. The van der Waals surface area contributed by atoms with Crippen molar-refractivity contribution >= 4 is 15.9 Å². The van der Waals surface area contributed by atoms with E-state index in [9.17, 15) is 8.78 Å². The summed E-state index contributed by atoms with van der Waals surface area (Å²) < 4.78 is 28.4. The third kappa shape index (κ3) is 3.25. The molecule has 0 saturated heterocycles. The van der Waals surface area contributed by atoms with E-state index in [1.807, 2.05) is 31.2 Å². The fourth-order valence-electron chi connectivity index (χ4n) is 2.29. The predicted octanol–water partition coefficient (Wildman–Crippen LogP) is 4.54. The lowest BCUT2D eigenvalue weighted by molar-refractivity contribution is 0.486. The van der Waals surface area contributed by atoms with E-state index in [4.69, 9.17) is 0 Å². The van der Waals surface area contributed by atoms with Crippen LogP contribution in [-0.2, 0) is 6.42 Å². The van der Waals surface area contributed by atoms with E-state index < -0.39 is 17.7 Å². The zero-order valence-corrected chi connectivity index (χ0v) is 13.0. The molecule has 1 unspecified atom stereocenters. The van der Waals surface area contributed by atoms with Gasteiger partial charge in [0.25, 0.3) is 0 Å². The van der Waals surface area contributed by atoms with Crippen molar-refractivity contribution in [2.45, 2.75) is 19.4 Å². The number of rotatable bonds is 4. The van der Waals surface area contributed by atoms with Gasteiger partial charge in [-0.2, -0.15) is 0 Å². The van der Waals surface area contributed by atoms with Crippen LogP contribution in [0.2, 0.25) is 0 Å². The lowest BCUT2D eigenvalue weighted by atomic mass is 9.97. The molecule has 1 N–H and O–H groups in total. The Bertz CT molecular complexity index is 613. The van der Waals surface area contributed by atoms with Crippen LogP contribution in [0, 0.1) is 18.6 Å². The second kappa shape index (κ2) is 6.46. The summed E-state index contributed by atoms with van der Waals surface area (Å²) in [5, 5.41) is 2.99. The third-order valence-electron chi connectivity index (χ3n) is 3.30. The molecule has 0 heterocycles. The first kappa shape index (κ1) is 15.1. The minimum atomic E-state index is -0.544. The summed E-state index contributed by atoms with van der Waals surface area (Å²) in [6.45, 7) is 2.00. The summed E-state index contributed by atoms with van der Waals surface area (Å²) in [4.78, 5) is 0. The van der Waals surface area contributed by atoms with Crippen LogP contribution < -0.4 is 5.32 Å². The standard InChI is InChI=1S/C16H16BrF2N/c1-10-4-3-5-11(8-10)9-14(20-2)15-13(18)7-6-12(17)16(15)19/h3-8,14,20H,9H2,1-2H3. The first-order valence-electron chi connectivity index (χ1n) is 6.39. The second-order valence-electron chi connectivity index (χ2n) is 4.79. The summed E-state index contributed by atoms with van der Waals surface area (Å²) in [6.07, 6.45) is 0.530. The molecule has 0 radical (unpaired) electrons. The average Bonchev–Trinajstić information content (AvgIpc) is 2.42. The van der Waals surface area contributed by atoms with Crippen molar-refractivity contribution in [1.29, 1.82) is 0 Å². The average molecular weight is 340 g/mol. The molecular formula is C16H16BrF2N. The maximum atomic E-state index is 14.2. The minimum absolute atomic E-state index is 0.0726. The smallest absolute Gasteiger partial charge is 0.145 e. The monoisotopic (exact) mass is 339 g/mol. The summed E-state index contributed by atoms with van der Waals surface area (Å²) in [5.74, 6) is -1.07. The van der Waals surface area contributed by atoms with E-state index in [0.29, 0.717) is 6.42 Å². The number of aryl methyl sites for hydroxylation is 1. The Morgan fingerprint density at radius 1 is 1.20 bits per heavy atom. The SMILES string of the molecule is CNC(Cc1cccc(C)c1)c1c(F)ccc(Br)c1F. The van der Waals surface area contributed by atoms with E-state index in [2.05, 4.69) is 21.2 Å². The van der Waals surface area contributed by atoms with Gasteiger partial charge in [-0.05, 0) is 54.0 Å². The Balaban J connectivity index is 2.36. The molecule has 0 amide bonds. The van der Waals surface area contributed by atoms with Crippen molar-refractivity contribution in [3.8, 4) is 0 Å². The first-order chi connectivity index (χ1) is 9.52.